The van der Waals surface area contributed by atoms with Crippen molar-refractivity contribution in [1.29, 1.82) is 0 Å². The Labute approximate surface area is 374 Å². The van der Waals surface area contributed by atoms with Crippen molar-refractivity contribution in [2.75, 3.05) is 10.6 Å². The maximum Gasteiger partial charge on any atom is 0.417 e. The number of nitrogens with two attached hydrogens (primary N) is 1. The second-order valence-corrected chi connectivity index (χ2v) is 15.3. The van der Waals surface area contributed by atoms with Crippen LogP contribution in [0.4, 0.5) is 38.0 Å². The Morgan fingerprint density at radius 3 is 1.83 bits per heavy atom. The molecule has 0 fully saturated rings. The van der Waals surface area contributed by atoms with Crippen LogP contribution in [0.3, 0.4) is 0 Å². The van der Waals surface area contributed by atoms with Gasteiger partial charge >= 0.3 is 12.4 Å². The van der Waals surface area contributed by atoms with E-state index < -0.39 is 41.2 Å². The lowest BCUT2D eigenvalue weighted by atomic mass is 10.0. The van der Waals surface area contributed by atoms with Crippen molar-refractivity contribution < 1.29 is 40.7 Å². The molecule has 0 aliphatic carbocycles. The SMILES string of the molecule is Cc1csc(-c2cc(C(=O)Nc3cc(C)nn3-c3ccccc3)ccc2C(F)(F)F)n1.NC(=O)c1ccc(-c2cc(NC(=O)c3ccc(C(F)(F)F)cc3Cl)n(-c3ccccc3)n2)nc1. The maximum absolute atomic E-state index is 13.5. The highest BCUT2D eigenvalue weighted by molar-refractivity contribution is 7.13. The third-order valence-electron chi connectivity index (χ3n) is 9.31. The second-order valence-electron chi connectivity index (χ2n) is 14.0. The molecule has 12 nitrogen and oxygen atoms in total. The molecule has 0 radical (unpaired) electrons. The van der Waals surface area contributed by atoms with E-state index in [2.05, 4.69) is 30.8 Å². The van der Waals surface area contributed by atoms with E-state index in [1.807, 2.05) is 30.3 Å². The molecular weight excluding hydrogens is 896 g/mol. The number of carbonyl (C=O) groups excluding carboxylic acids is 3. The van der Waals surface area contributed by atoms with Gasteiger partial charge in [0.15, 0.2) is 0 Å². The lowest BCUT2D eigenvalue weighted by Gasteiger charge is -2.13. The summed E-state index contributed by atoms with van der Waals surface area (Å²) >= 11 is 7.07. The van der Waals surface area contributed by atoms with Gasteiger partial charge in [-0.2, -0.15) is 36.5 Å². The first kappa shape index (κ1) is 45.4. The Balaban J connectivity index is 0.000000195. The van der Waals surface area contributed by atoms with Crippen LogP contribution in [0.2, 0.25) is 5.02 Å². The van der Waals surface area contributed by atoms with Crippen LogP contribution in [-0.2, 0) is 12.4 Å². The summed E-state index contributed by atoms with van der Waals surface area (Å²) in [7, 11) is 0. The molecule has 4 aromatic heterocycles. The van der Waals surface area contributed by atoms with E-state index in [0.717, 1.165) is 41.3 Å². The highest BCUT2D eigenvalue weighted by atomic mass is 35.5. The van der Waals surface area contributed by atoms with Gasteiger partial charge in [0.25, 0.3) is 11.8 Å². The minimum Gasteiger partial charge on any atom is -0.366 e. The number of halogens is 7. The van der Waals surface area contributed by atoms with E-state index in [1.165, 1.54) is 29.1 Å². The Hall–Kier alpha value is -7.64. The molecule has 4 aromatic carbocycles. The lowest BCUT2D eigenvalue weighted by molar-refractivity contribution is -0.138. The number of carbonyl (C=O) groups is 3. The molecule has 65 heavy (non-hydrogen) atoms. The summed E-state index contributed by atoms with van der Waals surface area (Å²) in [5.74, 6) is -1.25. The number of hydrogen-bond acceptors (Lipinski definition) is 8. The monoisotopic (exact) mass is 927 g/mol. The molecule has 0 aliphatic rings. The fraction of sp³-hybridized carbons (Fsp3) is 0.0889. The largest absolute Gasteiger partial charge is 0.417 e. The van der Waals surface area contributed by atoms with Crippen LogP contribution >= 0.6 is 22.9 Å². The highest BCUT2D eigenvalue weighted by Gasteiger charge is 2.35. The van der Waals surface area contributed by atoms with Crippen LogP contribution in [0.25, 0.3) is 33.3 Å². The molecule has 8 rings (SSSR count). The van der Waals surface area contributed by atoms with Crippen LogP contribution in [-0.4, -0.2) is 47.3 Å². The fourth-order valence-corrected chi connectivity index (χ4v) is 7.34. The fourth-order valence-electron chi connectivity index (χ4n) is 6.24. The van der Waals surface area contributed by atoms with Gasteiger partial charge in [-0.1, -0.05) is 48.0 Å². The van der Waals surface area contributed by atoms with Crippen LogP contribution in [0, 0.1) is 13.8 Å². The van der Waals surface area contributed by atoms with Crippen LogP contribution in [0.15, 0.2) is 133 Å². The summed E-state index contributed by atoms with van der Waals surface area (Å²) in [4.78, 5) is 45.4. The molecule has 3 amide bonds. The molecule has 0 saturated heterocycles. The molecule has 4 heterocycles. The number of benzene rings is 4. The van der Waals surface area contributed by atoms with Crippen molar-refractivity contribution in [2.24, 2.45) is 5.73 Å². The van der Waals surface area contributed by atoms with Crippen molar-refractivity contribution in [3.8, 4) is 33.3 Å². The predicted octanol–water partition coefficient (Wildman–Crippen LogP) is 10.8. The highest BCUT2D eigenvalue weighted by Crippen LogP contribution is 2.39. The van der Waals surface area contributed by atoms with Gasteiger partial charge in [-0.3, -0.25) is 19.4 Å². The van der Waals surface area contributed by atoms with Crippen molar-refractivity contribution >= 4 is 52.3 Å². The quantitative estimate of drug-likeness (QED) is 0.121. The van der Waals surface area contributed by atoms with Crippen molar-refractivity contribution in [1.82, 2.24) is 29.5 Å². The number of para-hydroxylation sites is 2. The summed E-state index contributed by atoms with van der Waals surface area (Å²) < 4.78 is 82.4. The predicted molar refractivity (Wildman–Crippen MR) is 233 cm³/mol. The zero-order valence-corrected chi connectivity index (χ0v) is 35.3. The van der Waals surface area contributed by atoms with Gasteiger partial charge in [-0.15, -0.1) is 11.3 Å². The summed E-state index contributed by atoms with van der Waals surface area (Å²) in [5, 5.41) is 15.8. The van der Waals surface area contributed by atoms with Crippen LogP contribution in [0.1, 0.15) is 53.6 Å². The number of aromatic nitrogens is 6. The number of thiazole rings is 1. The van der Waals surface area contributed by atoms with Gasteiger partial charge in [0, 0.05) is 40.5 Å². The zero-order valence-electron chi connectivity index (χ0n) is 33.7. The van der Waals surface area contributed by atoms with Gasteiger partial charge in [-0.05, 0) is 86.6 Å². The number of anilines is 2. The van der Waals surface area contributed by atoms with Gasteiger partial charge in [0.05, 0.1) is 50.0 Å². The second kappa shape index (κ2) is 18.6. The first-order valence-corrected chi connectivity index (χ1v) is 20.3. The summed E-state index contributed by atoms with van der Waals surface area (Å²) in [6.45, 7) is 3.49. The molecule has 0 unspecified atom stereocenters. The number of hydrogen-bond donors (Lipinski definition) is 3. The van der Waals surface area contributed by atoms with Gasteiger partial charge in [-0.25, -0.2) is 14.3 Å². The Morgan fingerprint density at radius 2 is 1.28 bits per heavy atom. The molecule has 330 valence electrons. The third-order valence-corrected chi connectivity index (χ3v) is 10.6. The van der Waals surface area contributed by atoms with E-state index in [4.69, 9.17) is 17.3 Å². The molecule has 0 spiro atoms. The minimum atomic E-state index is -4.59. The number of aryl methyl sites for hydroxylation is 2. The third kappa shape index (κ3) is 10.6. The average molecular weight is 928 g/mol. The summed E-state index contributed by atoms with van der Waals surface area (Å²) in [6.07, 6.45) is -7.84. The minimum absolute atomic E-state index is 0.0920. The maximum atomic E-state index is 13.5. The van der Waals surface area contributed by atoms with Crippen molar-refractivity contribution in [2.45, 2.75) is 26.2 Å². The zero-order chi connectivity index (χ0) is 46.6. The van der Waals surface area contributed by atoms with E-state index in [0.29, 0.717) is 40.3 Å². The smallest absolute Gasteiger partial charge is 0.366 e. The van der Waals surface area contributed by atoms with Gasteiger partial charge in [0.1, 0.15) is 22.3 Å². The van der Waals surface area contributed by atoms with E-state index in [-0.39, 0.29) is 38.1 Å². The number of nitrogens with zero attached hydrogens (tertiary/aromatic N) is 6. The number of pyridine rings is 1. The molecule has 20 heteroatoms. The van der Waals surface area contributed by atoms with E-state index >= 15 is 0 Å². The Bertz CT molecular complexity index is 3030. The number of alkyl halides is 6. The molecule has 0 atom stereocenters. The Kier molecular flexibility index (Phi) is 13.0. The summed E-state index contributed by atoms with van der Waals surface area (Å²) in [5.41, 5.74) is 6.94. The topological polar surface area (TPSA) is 163 Å². The molecule has 0 bridgehead atoms. The molecule has 0 saturated carbocycles. The standard InChI is InChI=1S/C23H15ClF3N5O2.C22H17F3N4OS/c24-17-10-14(23(25,26)27)7-8-16(17)22(34)30-20-11-19(18-9-6-13(12-29-18)21(28)33)31-32(20)15-4-2-1-3-5-15;1-13-10-19(29(28-13)16-6-4-3-5-7-16)27-20(30)15-8-9-18(22(23,24)25)17(11-15)21-26-14(2)12-31-21/h1-12H,(H2,28,33)(H,30,34);3-12H,1-2H3,(H,27,30). The van der Waals surface area contributed by atoms with Crippen LogP contribution in [0.5, 0.6) is 0 Å². The van der Waals surface area contributed by atoms with Crippen molar-refractivity contribution in [3.63, 3.8) is 0 Å². The average Bonchev–Trinajstić information content (AvgIpc) is 4.01. The molecule has 0 aliphatic heterocycles. The summed E-state index contributed by atoms with van der Waals surface area (Å²) in [6, 6.07) is 30.1. The molecular formula is C45H32ClF6N9O3S. The van der Waals surface area contributed by atoms with Crippen LogP contribution < -0.4 is 16.4 Å². The molecule has 4 N–H and O–H groups in total. The van der Waals surface area contributed by atoms with E-state index in [1.54, 1.807) is 66.4 Å². The number of nitrogens with one attached hydrogen (secondary N) is 2. The first-order valence-electron chi connectivity index (χ1n) is 19.0. The first-order chi connectivity index (χ1) is 30.8. The number of amides is 3. The number of rotatable bonds is 9. The molecule has 8 aromatic rings. The Morgan fingerprint density at radius 1 is 0.662 bits per heavy atom. The number of primary amides is 1. The van der Waals surface area contributed by atoms with E-state index in [9.17, 15) is 40.7 Å². The van der Waals surface area contributed by atoms with Crippen molar-refractivity contribution in [3.05, 3.63) is 177 Å². The normalized spacial score (nSPS) is 11.4. The van der Waals surface area contributed by atoms with Gasteiger partial charge < -0.3 is 16.4 Å². The lowest BCUT2D eigenvalue weighted by Crippen LogP contribution is -2.16. The van der Waals surface area contributed by atoms with Gasteiger partial charge in [0.2, 0.25) is 5.91 Å².